The predicted molar refractivity (Wildman–Crippen MR) is 191 cm³/mol. The van der Waals surface area contributed by atoms with Gasteiger partial charge in [-0.25, -0.2) is 0 Å². The van der Waals surface area contributed by atoms with Crippen LogP contribution in [0, 0.1) is 23.7 Å². The summed E-state index contributed by atoms with van der Waals surface area (Å²) in [5.41, 5.74) is -4.24. The van der Waals surface area contributed by atoms with Crippen molar-refractivity contribution in [3.8, 4) is 0 Å². The molecule has 3 heterocycles. The summed E-state index contributed by atoms with van der Waals surface area (Å²) in [5.74, 6) is -4.47. The van der Waals surface area contributed by atoms with Gasteiger partial charge in [-0.2, -0.15) is 0 Å². The van der Waals surface area contributed by atoms with Gasteiger partial charge in [0.15, 0.2) is 12.6 Å². The van der Waals surface area contributed by atoms with Gasteiger partial charge in [0, 0.05) is 44.4 Å². The van der Waals surface area contributed by atoms with Crippen LogP contribution in [0.1, 0.15) is 94.9 Å². The van der Waals surface area contributed by atoms with E-state index in [1.54, 1.807) is 48.5 Å². The van der Waals surface area contributed by atoms with E-state index < -0.39 is 102 Å². The maximum absolute atomic E-state index is 14.2. The molecule has 3 rings (SSSR count). The van der Waals surface area contributed by atoms with Crippen molar-refractivity contribution < 1.29 is 63.2 Å². The number of cyclic esters (lactones) is 1. The van der Waals surface area contributed by atoms with Crippen LogP contribution in [0.4, 0.5) is 0 Å². The van der Waals surface area contributed by atoms with Crippen molar-refractivity contribution >= 4 is 11.8 Å². The van der Waals surface area contributed by atoms with Crippen molar-refractivity contribution in [1.82, 2.24) is 4.90 Å². The molecule has 14 heteroatoms. The minimum absolute atomic E-state index is 0.111. The van der Waals surface area contributed by atoms with E-state index in [0.29, 0.717) is 6.42 Å². The molecule has 14 nitrogen and oxygen atoms in total. The molecule has 0 aliphatic carbocycles. The van der Waals surface area contributed by atoms with E-state index in [9.17, 15) is 30.0 Å². The first-order valence-corrected chi connectivity index (χ1v) is 18.9. The zero-order valence-corrected chi connectivity index (χ0v) is 33.9. The number of ether oxygens (including phenoxy) is 7. The van der Waals surface area contributed by atoms with Crippen LogP contribution in [0.15, 0.2) is 0 Å². The highest BCUT2D eigenvalue weighted by Crippen LogP contribution is 2.41. The van der Waals surface area contributed by atoms with Gasteiger partial charge < -0.3 is 58.5 Å². The molecule has 0 radical (unpaired) electrons. The molecular weight excluding hydrogens is 678 g/mol. The van der Waals surface area contributed by atoms with Crippen molar-refractivity contribution in [2.75, 3.05) is 28.3 Å². The summed E-state index contributed by atoms with van der Waals surface area (Å²) in [6.45, 7) is 17.1. The van der Waals surface area contributed by atoms with E-state index in [-0.39, 0.29) is 37.2 Å². The van der Waals surface area contributed by atoms with Gasteiger partial charge in [0.2, 0.25) is 0 Å². The number of hydrogen-bond donors (Lipinski definition) is 4. The largest absolute Gasteiger partial charge is 0.459 e. The third-order valence-electron chi connectivity index (χ3n) is 12.3. The van der Waals surface area contributed by atoms with Crippen LogP contribution in [0.3, 0.4) is 0 Å². The Bertz CT molecular complexity index is 1190. The third-order valence-corrected chi connectivity index (χ3v) is 12.3. The van der Waals surface area contributed by atoms with Gasteiger partial charge in [-0.3, -0.25) is 9.59 Å². The summed E-state index contributed by atoms with van der Waals surface area (Å²) in [5, 5.41) is 45.6. The highest BCUT2D eigenvalue weighted by atomic mass is 16.7. The standard InChI is InChI=1S/C38H69NO13/c1-15-26-38(10,45)31(42)21(4)28(40)19(2)17-37(9,47-14)33(52-35-29(41)25(39(11)12)16-20(3)48-35)22(5)30(23(6)34(44)50-26)51-27-18-36(8,46-13)32(43)24(7)49-27/h19-27,29-33,35,41-43,45H,15-18H2,1-14H3/t19-,20?,21-,22+,23+,24?,25?,26-,27?,29?,30+,31+,32?,33-,35?,36?,37+,38+/m0/s1. The number of carbonyl (C=O) groups excluding carboxylic acids is 2. The summed E-state index contributed by atoms with van der Waals surface area (Å²) in [6.07, 6.45) is -8.73. The summed E-state index contributed by atoms with van der Waals surface area (Å²) in [7, 11) is 6.77. The van der Waals surface area contributed by atoms with E-state index >= 15 is 0 Å². The van der Waals surface area contributed by atoms with Gasteiger partial charge in [0.1, 0.15) is 29.7 Å². The van der Waals surface area contributed by atoms with E-state index in [4.69, 9.17) is 33.2 Å². The van der Waals surface area contributed by atoms with Crippen molar-refractivity contribution in [3.05, 3.63) is 0 Å². The van der Waals surface area contributed by atoms with Crippen molar-refractivity contribution in [3.63, 3.8) is 0 Å². The molecule has 18 atom stereocenters. The summed E-state index contributed by atoms with van der Waals surface area (Å²) in [4.78, 5) is 30.1. The van der Waals surface area contributed by atoms with E-state index in [2.05, 4.69) is 0 Å². The number of ketones is 1. The first-order chi connectivity index (χ1) is 24.0. The van der Waals surface area contributed by atoms with Gasteiger partial charge in [0.25, 0.3) is 0 Å². The second-order valence-electron chi connectivity index (χ2n) is 16.6. The average Bonchev–Trinajstić information content (AvgIpc) is 3.09. The summed E-state index contributed by atoms with van der Waals surface area (Å²) < 4.78 is 43.9. The van der Waals surface area contributed by atoms with Gasteiger partial charge >= 0.3 is 5.97 Å². The number of aliphatic hydroxyl groups excluding tert-OH is 3. The number of methoxy groups -OCH3 is 2. The van der Waals surface area contributed by atoms with Crippen LogP contribution < -0.4 is 0 Å². The second kappa shape index (κ2) is 17.7. The lowest BCUT2D eigenvalue weighted by molar-refractivity contribution is -0.319. The molecule has 0 aromatic carbocycles. The first kappa shape index (κ1) is 45.1. The van der Waals surface area contributed by atoms with Gasteiger partial charge in [-0.1, -0.05) is 27.7 Å². The Morgan fingerprint density at radius 2 is 1.44 bits per heavy atom. The molecule has 52 heavy (non-hydrogen) atoms. The van der Waals surface area contributed by atoms with E-state index in [1.807, 2.05) is 32.8 Å². The fraction of sp³-hybridized carbons (Fsp3) is 0.947. The molecule has 0 spiro atoms. The molecule has 8 unspecified atom stereocenters. The molecule has 0 saturated carbocycles. The second-order valence-corrected chi connectivity index (χ2v) is 16.6. The fourth-order valence-electron chi connectivity index (χ4n) is 8.58. The molecule has 3 saturated heterocycles. The molecular formula is C38H69NO13. The number of likely N-dealkylation sites (N-methyl/N-ethyl adjacent to an activating group) is 1. The predicted octanol–water partition coefficient (Wildman–Crippen LogP) is 2.44. The number of aliphatic hydroxyl groups is 4. The van der Waals surface area contributed by atoms with E-state index in [1.165, 1.54) is 21.1 Å². The van der Waals surface area contributed by atoms with Gasteiger partial charge in [0.05, 0.1) is 47.6 Å². The van der Waals surface area contributed by atoms with Crippen LogP contribution in [0.25, 0.3) is 0 Å². The maximum Gasteiger partial charge on any atom is 0.311 e. The summed E-state index contributed by atoms with van der Waals surface area (Å²) >= 11 is 0. The van der Waals surface area contributed by atoms with Crippen LogP contribution in [0.5, 0.6) is 0 Å². The van der Waals surface area contributed by atoms with Crippen molar-refractivity contribution in [1.29, 1.82) is 0 Å². The average molecular weight is 748 g/mol. The normalized spacial score (nSPS) is 49.0. The van der Waals surface area contributed by atoms with Crippen LogP contribution in [-0.2, 0) is 42.7 Å². The minimum Gasteiger partial charge on any atom is -0.459 e. The molecule has 304 valence electrons. The van der Waals surface area contributed by atoms with Gasteiger partial charge in [-0.15, -0.1) is 0 Å². The van der Waals surface area contributed by atoms with Crippen LogP contribution in [-0.4, -0.2) is 150 Å². The Kier molecular flexibility index (Phi) is 15.3. The van der Waals surface area contributed by atoms with Crippen LogP contribution >= 0.6 is 0 Å². The number of rotatable bonds is 8. The lowest BCUT2D eigenvalue weighted by Crippen LogP contribution is -2.61. The Hall–Kier alpha value is -1.30. The quantitative estimate of drug-likeness (QED) is 0.266. The Morgan fingerprint density at radius 1 is 0.846 bits per heavy atom. The van der Waals surface area contributed by atoms with Crippen molar-refractivity contribution in [2.45, 2.75) is 179 Å². The van der Waals surface area contributed by atoms with Gasteiger partial charge in [-0.05, 0) is 74.9 Å². The lowest BCUT2D eigenvalue weighted by Gasteiger charge is -2.50. The molecule has 0 aromatic rings. The fourth-order valence-corrected chi connectivity index (χ4v) is 8.58. The maximum atomic E-state index is 14.2. The Morgan fingerprint density at radius 3 is 1.98 bits per heavy atom. The summed E-state index contributed by atoms with van der Waals surface area (Å²) in [6, 6.07) is -0.283. The highest BCUT2D eigenvalue weighted by molar-refractivity contribution is 5.83. The minimum atomic E-state index is -1.96. The molecule has 3 fully saturated rings. The molecule has 3 aliphatic heterocycles. The third kappa shape index (κ3) is 9.38. The highest BCUT2D eigenvalue weighted by Gasteiger charge is 2.54. The molecule has 4 N–H and O–H groups in total. The molecule has 3 aliphatic rings. The molecule has 0 bridgehead atoms. The number of hydrogen-bond acceptors (Lipinski definition) is 14. The number of esters is 1. The smallest absolute Gasteiger partial charge is 0.311 e. The zero-order chi connectivity index (χ0) is 39.7. The lowest BCUT2D eigenvalue weighted by atomic mass is 9.74. The zero-order valence-electron chi connectivity index (χ0n) is 33.9. The van der Waals surface area contributed by atoms with Crippen molar-refractivity contribution in [2.24, 2.45) is 23.7 Å². The monoisotopic (exact) mass is 747 g/mol. The molecule has 0 amide bonds. The Labute approximate surface area is 310 Å². The first-order valence-electron chi connectivity index (χ1n) is 18.9. The number of nitrogens with zero attached hydrogens (tertiary/aromatic N) is 1. The SMILES string of the molecule is CC[C@@H]1OC(=O)[C@H](C)[C@H](OC2CC(C)(OC)C(O)C(C)O2)[C@@H](C)[C@H](OC2OC(C)CC(N(C)C)C2O)[C@](C)(OC)C[C@H](C)C(=O)[C@H](C)[C@@H](O)[C@]1(C)O. The van der Waals surface area contributed by atoms with E-state index in [0.717, 1.165) is 0 Å². The number of Topliss-reactive ketones (excluding diaryl/α,β-unsaturated/α-hetero) is 1. The number of carbonyl (C=O) groups is 2. The Balaban J connectivity index is 2.22. The molecule has 0 aromatic heterocycles. The topological polar surface area (TPSA) is 183 Å². The van der Waals surface area contributed by atoms with Crippen LogP contribution in [0.2, 0.25) is 0 Å².